The van der Waals surface area contributed by atoms with Crippen LogP contribution >= 0.6 is 27.5 Å². The molecule has 0 radical (unpaired) electrons. The fourth-order valence-corrected chi connectivity index (χ4v) is 3.55. The summed E-state index contributed by atoms with van der Waals surface area (Å²) in [6, 6.07) is 19.5. The predicted molar refractivity (Wildman–Crippen MR) is 114 cm³/mol. The maximum Gasteiger partial charge on any atom is 0.254 e. The van der Waals surface area contributed by atoms with Gasteiger partial charge in [-0.3, -0.25) is 4.79 Å². The molecule has 27 heavy (non-hydrogen) atoms. The Balaban J connectivity index is 1.78. The lowest BCUT2D eigenvalue weighted by Gasteiger charge is -2.23. The van der Waals surface area contributed by atoms with Crippen molar-refractivity contribution >= 4 is 33.4 Å². The van der Waals surface area contributed by atoms with E-state index in [0.29, 0.717) is 12.1 Å². The Morgan fingerprint density at radius 2 is 1.89 bits per heavy atom. The number of hydrogen-bond acceptors (Lipinski definition) is 1. The van der Waals surface area contributed by atoms with Crippen LogP contribution in [-0.4, -0.2) is 21.9 Å². The fraction of sp³-hybridized carbons (Fsp3) is 0.227. The van der Waals surface area contributed by atoms with Crippen LogP contribution in [0.4, 0.5) is 0 Å². The van der Waals surface area contributed by atoms with Crippen molar-refractivity contribution in [2.24, 2.45) is 0 Å². The van der Waals surface area contributed by atoms with E-state index in [-0.39, 0.29) is 5.91 Å². The van der Waals surface area contributed by atoms with Crippen molar-refractivity contribution in [1.82, 2.24) is 9.47 Å². The van der Waals surface area contributed by atoms with E-state index in [0.717, 1.165) is 40.3 Å². The highest BCUT2D eigenvalue weighted by atomic mass is 79.9. The fourth-order valence-electron chi connectivity index (χ4n) is 3.07. The summed E-state index contributed by atoms with van der Waals surface area (Å²) in [6.45, 7) is 4.12. The van der Waals surface area contributed by atoms with Gasteiger partial charge in [-0.15, -0.1) is 0 Å². The Hall–Kier alpha value is -2.04. The maximum absolute atomic E-state index is 13.0. The van der Waals surface area contributed by atoms with Gasteiger partial charge < -0.3 is 9.47 Å². The van der Waals surface area contributed by atoms with E-state index in [4.69, 9.17) is 11.6 Å². The number of nitrogens with zero attached hydrogens (tertiary/aromatic N) is 2. The van der Waals surface area contributed by atoms with Gasteiger partial charge in [-0.25, -0.2) is 0 Å². The van der Waals surface area contributed by atoms with Crippen molar-refractivity contribution < 1.29 is 4.79 Å². The molecule has 140 valence electrons. The second-order valence-electron chi connectivity index (χ2n) is 6.49. The van der Waals surface area contributed by atoms with Gasteiger partial charge in [-0.2, -0.15) is 0 Å². The second-order valence-corrected chi connectivity index (χ2v) is 7.84. The monoisotopic (exact) mass is 444 g/mol. The molecule has 3 nitrogen and oxygen atoms in total. The van der Waals surface area contributed by atoms with E-state index in [2.05, 4.69) is 39.6 Å². The largest absolute Gasteiger partial charge is 0.345 e. The summed E-state index contributed by atoms with van der Waals surface area (Å²) < 4.78 is 3.14. The van der Waals surface area contributed by atoms with Crippen LogP contribution in [0.5, 0.6) is 0 Å². The Labute approximate surface area is 173 Å². The Morgan fingerprint density at radius 1 is 1.11 bits per heavy atom. The molecule has 0 atom stereocenters. The number of aromatic nitrogens is 1. The molecule has 1 aromatic heterocycles. The third-order valence-corrected chi connectivity index (χ3v) is 5.15. The van der Waals surface area contributed by atoms with Crippen LogP contribution in [0.1, 0.15) is 35.0 Å². The molecule has 0 N–H and O–H groups in total. The third kappa shape index (κ3) is 5.24. The normalized spacial score (nSPS) is 10.8. The first-order valence-corrected chi connectivity index (χ1v) is 10.2. The van der Waals surface area contributed by atoms with Crippen LogP contribution in [-0.2, 0) is 13.1 Å². The first-order chi connectivity index (χ1) is 13.1. The maximum atomic E-state index is 13.0. The first kappa shape index (κ1) is 19.7. The number of carbonyl (C=O) groups is 1. The molecule has 0 aliphatic rings. The van der Waals surface area contributed by atoms with Crippen LogP contribution in [0, 0.1) is 0 Å². The van der Waals surface area contributed by atoms with Crippen LogP contribution in [0.2, 0.25) is 5.02 Å². The summed E-state index contributed by atoms with van der Waals surface area (Å²) in [6.07, 6.45) is 2.96. The van der Waals surface area contributed by atoms with Crippen molar-refractivity contribution in [3.05, 3.63) is 93.2 Å². The Morgan fingerprint density at radius 3 is 2.59 bits per heavy atom. The highest BCUT2D eigenvalue weighted by molar-refractivity contribution is 9.10. The van der Waals surface area contributed by atoms with Gasteiger partial charge in [0.15, 0.2) is 0 Å². The molecular weight excluding hydrogens is 424 g/mol. The molecule has 3 rings (SSSR count). The van der Waals surface area contributed by atoms with Crippen molar-refractivity contribution in [3.63, 3.8) is 0 Å². The number of amides is 1. The van der Waals surface area contributed by atoms with E-state index >= 15 is 0 Å². The number of halogens is 2. The minimum Gasteiger partial charge on any atom is -0.345 e. The molecule has 0 unspecified atom stereocenters. The topological polar surface area (TPSA) is 25.2 Å². The summed E-state index contributed by atoms with van der Waals surface area (Å²) in [4.78, 5) is 14.9. The van der Waals surface area contributed by atoms with Gasteiger partial charge in [-0.1, -0.05) is 46.6 Å². The average Bonchev–Trinajstić information content (AvgIpc) is 3.08. The lowest BCUT2D eigenvalue weighted by Crippen LogP contribution is -2.32. The van der Waals surface area contributed by atoms with Gasteiger partial charge in [0, 0.05) is 40.0 Å². The minimum absolute atomic E-state index is 0.0554. The molecule has 0 saturated heterocycles. The molecule has 0 bridgehead atoms. The minimum atomic E-state index is 0.0554. The molecule has 0 spiro atoms. The summed E-state index contributed by atoms with van der Waals surface area (Å²) in [7, 11) is 0. The lowest BCUT2D eigenvalue weighted by molar-refractivity contribution is 0.0739. The van der Waals surface area contributed by atoms with Crippen molar-refractivity contribution in [1.29, 1.82) is 0 Å². The number of hydrogen-bond donors (Lipinski definition) is 0. The number of benzene rings is 2. The Kier molecular flexibility index (Phi) is 6.75. The molecule has 2 aromatic carbocycles. The number of rotatable bonds is 7. The average molecular weight is 446 g/mol. The van der Waals surface area contributed by atoms with E-state index in [1.807, 2.05) is 59.6 Å². The van der Waals surface area contributed by atoms with E-state index in [9.17, 15) is 4.79 Å². The van der Waals surface area contributed by atoms with Gasteiger partial charge in [0.25, 0.3) is 5.91 Å². The molecular formula is C22H22BrClN2O. The smallest absolute Gasteiger partial charge is 0.254 e. The number of carbonyl (C=O) groups excluding carboxylic acids is 1. The zero-order valence-electron chi connectivity index (χ0n) is 15.2. The summed E-state index contributed by atoms with van der Waals surface area (Å²) >= 11 is 9.52. The molecule has 0 fully saturated rings. The van der Waals surface area contributed by atoms with Crippen molar-refractivity contribution in [3.8, 4) is 0 Å². The zero-order valence-corrected chi connectivity index (χ0v) is 17.6. The molecule has 5 heteroatoms. The van der Waals surface area contributed by atoms with Gasteiger partial charge in [0.05, 0.1) is 6.54 Å². The van der Waals surface area contributed by atoms with Gasteiger partial charge in [0.2, 0.25) is 0 Å². The van der Waals surface area contributed by atoms with E-state index in [1.54, 1.807) is 0 Å². The molecule has 0 aliphatic carbocycles. The lowest BCUT2D eigenvalue weighted by atomic mass is 10.2. The zero-order chi connectivity index (χ0) is 19.2. The molecule has 1 amide bonds. The van der Waals surface area contributed by atoms with Crippen LogP contribution in [0.15, 0.2) is 71.3 Å². The van der Waals surface area contributed by atoms with Gasteiger partial charge in [0.1, 0.15) is 0 Å². The molecule has 1 heterocycles. The highest BCUT2D eigenvalue weighted by Gasteiger charge is 2.17. The standard InChI is InChI=1S/C22H22BrClN2O/c1-2-12-26(22(27)18-8-10-19(23)11-9-18)16-21-7-4-13-25(21)15-17-5-3-6-20(24)14-17/h3-11,13-14H,2,12,15-16H2,1H3. The summed E-state index contributed by atoms with van der Waals surface area (Å²) in [5.74, 6) is 0.0554. The summed E-state index contributed by atoms with van der Waals surface area (Å²) in [5, 5.41) is 0.735. The van der Waals surface area contributed by atoms with Crippen LogP contribution < -0.4 is 0 Å². The third-order valence-electron chi connectivity index (χ3n) is 4.39. The molecule has 0 saturated carbocycles. The van der Waals surface area contributed by atoms with E-state index in [1.165, 1.54) is 0 Å². The highest BCUT2D eigenvalue weighted by Crippen LogP contribution is 2.17. The predicted octanol–water partition coefficient (Wildman–Crippen LogP) is 6.00. The van der Waals surface area contributed by atoms with Crippen molar-refractivity contribution in [2.45, 2.75) is 26.4 Å². The SMILES string of the molecule is CCCN(Cc1cccn1Cc1cccc(Cl)c1)C(=O)c1ccc(Br)cc1. The van der Waals surface area contributed by atoms with Crippen molar-refractivity contribution in [2.75, 3.05) is 6.54 Å². The van der Waals surface area contributed by atoms with Crippen LogP contribution in [0.25, 0.3) is 0 Å². The molecule has 3 aromatic rings. The van der Waals surface area contributed by atoms with Gasteiger partial charge >= 0.3 is 0 Å². The van der Waals surface area contributed by atoms with Crippen LogP contribution in [0.3, 0.4) is 0 Å². The first-order valence-electron chi connectivity index (χ1n) is 9.00. The van der Waals surface area contributed by atoms with Gasteiger partial charge in [-0.05, 0) is 60.5 Å². The Bertz CT molecular complexity index is 905. The second kappa shape index (κ2) is 9.25. The molecule has 0 aliphatic heterocycles. The van der Waals surface area contributed by atoms with E-state index < -0.39 is 0 Å². The quantitative estimate of drug-likeness (QED) is 0.437. The summed E-state index contributed by atoms with van der Waals surface area (Å²) in [5.41, 5.74) is 2.95.